The van der Waals surface area contributed by atoms with Gasteiger partial charge in [0, 0.05) is 5.69 Å². The highest BCUT2D eigenvalue weighted by Gasteiger charge is 2.15. The average Bonchev–Trinajstić information content (AvgIpc) is 3.29. The molecule has 0 bridgehead atoms. The van der Waals surface area contributed by atoms with Crippen LogP contribution in [-0.4, -0.2) is 19.0 Å². The van der Waals surface area contributed by atoms with Crippen molar-refractivity contribution in [1.29, 1.82) is 5.26 Å². The van der Waals surface area contributed by atoms with Crippen molar-refractivity contribution in [3.05, 3.63) is 81.6 Å². The van der Waals surface area contributed by atoms with Gasteiger partial charge in [-0.2, -0.15) is 5.26 Å². The monoisotopic (exact) mass is 418 g/mol. The summed E-state index contributed by atoms with van der Waals surface area (Å²) in [5.74, 6) is -0.443. The number of ether oxygens (including phenoxy) is 2. The Balaban J connectivity index is 1.81. The highest BCUT2D eigenvalue weighted by atomic mass is 32.1. The maximum absolute atomic E-state index is 12.5. The normalized spacial score (nSPS) is 10.8. The van der Waals surface area contributed by atoms with Gasteiger partial charge in [-0.3, -0.25) is 4.79 Å². The van der Waals surface area contributed by atoms with E-state index in [-0.39, 0.29) is 11.3 Å². The molecule has 0 fully saturated rings. The van der Waals surface area contributed by atoms with Crippen molar-refractivity contribution >= 4 is 35.0 Å². The number of nitriles is 1. The third-order valence-electron chi connectivity index (χ3n) is 4.18. The number of amides is 1. The summed E-state index contributed by atoms with van der Waals surface area (Å²) in [7, 11) is 1.45. The Morgan fingerprint density at radius 1 is 1.10 bits per heavy atom. The minimum absolute atomic E-state index is 0.0661. The first-order valence-corrected chi connectivity index (χ1v) is 9.82. The molecule has 0 aliphatic rings. The van der Waals surface area contributed by atoms with Crippen molar-refractivity contribution in [2.45, 2.75) is 6.92 Å². The van der Waals surface area contributed by atoms with Gasteiger partial charge in [-0.15, -0.1) is 11.3 Å². The van der Waals surface area contributed by atoms with Crippen LogP contribution in [0.5, 0.6) is 11.5 Å². The van der Waals surface area contributed by atoms with Gasteiger partial charge in [0.1, 0.15) is 16.5 Å². The Kier molecular flexibility index (Phi) is 6.63. The van der Waals surface area contributed by atoms with Crippen molar-refractivity contribution < 1.29 is 19.1 Å². The number of anilines is 1. The van der Waals surface area contributed by atoms with E-state index < -0.39 is 11.9 Å². The summed E-state index contributed by atoms with van der Waals surface area (Å²) < 4.78 is 10.7. The summed E-state index contributed by atoms with van der Waals surface area (Å²) in [4.78, 5) is 25.1. The average molecular weight is 418 g/mol. The highest BCUT2D eigenvalue weighted by molar-refractivity contribution is 7.12. The van der Waals surface area contributed by atoms with Gasteiger partial charge in [0.25, 0.3) is 5.91 Å². The summed E-state index contributed by atoms with van der Waals surface area (Å²) in [5, 5.41) is 14.0. The zero-order valence-electron chi connectivity index (χ0n) is 16.3. The molecule has 2 aromatic carbocycles. The molecule has 0 aliphatic carbocycles. The van der Waals surface area contributed by atoms with E-state index in [1.165, 1.54) is 24.5 Å². The van der Waals surface area contributed by atoms with Crippen LogP contribution in [0.4, 0.5) is 5.69 Å². The lowest BCUT2D eigenvalue weighted by Crippen LogP contribution is -2.14. The summed E-state index contributed by atoms with van der Waals surface area (Å²) in [5.41, 5.74) is 2.02. The number of carbonyl (C=O) groups is 2. The zero-order chi connectivity index (χ0) is 21.5. The molecule has 0 unspecified atom stereocenters. The number of aryl methyl sites for hydroxylation is 1. The predicted molar refractivity (Wildman–Crippen MR) is 116 cm³/mol. The molecule has 0 saturated heterocycles. The van der Waals surface area contributed by atoms with Crippen molar-refractivity contribution in [2.24, 2.45) is 0 Å². The SMILES string of the molecule is COc1cc(C=C(C#N)C(=O)Nc2ccccc2C)ccc1OC(=O)c1cccs1. The molecule has 150 valence electrons. The third-order valence-corrected chi connectivity index (χ3v) is 5.03. The maximum atomic E-state index is 12.5. The molecule has 30 heavy (non-hydrogen) atoms. The predicted octanol–water partition coefficient (Wildman–Crippen LogP) is 4.83. The lowest BCUT2D eigenvalue weighted by Gasteiger charge is -2.10. The zero-order valence-corrected chi connectivity index (χ0v) is 17.2. The van der Waals surface area contributed by atoms with Crippen LogP contribution in [0.25, 0.3) is 6.08 Å². The number of nitrogens with one attached hydrogen (secondary N) is 1. The lowest BCUT2D eigenvalue weighted by atomic mass is 10.1. The fourth-order valence-corrected chi connectivity index (χ4v) is 3.22. The second-order valence-electron chi connectivity index (χ2n) is 6.22. The summed E-state index contributed by atoms with van der Waals surface area (Å²) >= 11 is 1.28. The van der Waals surface area contributed by atoms with Crippen molar-refractivity contribution in [2.75, 3.05) is 12.4 Å². The van der Waals surface area contributed by atoms with Gasteiger partial charge in [-0.25, -0.2) is 4.79 Å². The Bertz CT molecular complexity index is 1140. The number of hydrogen-bond donors (Lipinski definition) is 1. The molecular weight excluding hydrogens is 400 g/mol. The van der Waals surface area contributed by atoms with Gasteiger partial charge in [-0.1, -0.05) is 30.3 Å². The molecule has 3 aromatic rings. The molecular formula is C23H18N2O4S. The topological polar surface area (TPSA) is 88.4 Å². The molecule has 1 N–H and O–H groups in total. The van der Waals surface area contributed by atoms with E-state index in [0.29, 0.717) is 21.9 Å². The first-order chi connectivity index (χ1) is 14.5. The second kappa shape index (κ2) is 9.54. The number of carbonyl (C=O) groups excluding carboxylic acids is 2. The van der Waals surface area contributed by atoms with Gasteiger partial charge >= 0.3 is 5.97 Å². The molecule has 7 heteroatoms. The van der Waals surface area contributed by atoms with E-state index in [1.807, 2.05) is 25.1 Å². The van der Waals surface area contributed by atoms with Gasteiger partial charge in [0.05, 0.1) is 7.11 Å². The first kappa shape index (κ1) is 20.8. The van der Waals surface area contributed by atoms with Crippen LogP contribution in [0, 0.1) is 18.3 Å². The van der Waals surface area contributed by atoms with E-state index in [0.717, 1.165) is 5.56 Å². The second-order valence-corrected chi connectivity index (χ2v) is 7.16. The van der Waals surface area contributed by atoms with E-state index in [9.17, 15) is 14.9 Å². The van der Waals surface area contributed by atoms with Gasteiger partial charge in [-0.05, 0) is 53.8 Å². The van der Waals surface area contributed by atoms with Crippen LogP contribution < -0.4 is 14.8 Å². The van der Waals surface area contributed by atoms with E-state index in [1.54, 1.807) is 47.8 Å². The number of benzene rings is 2. The van der Waals surface area contributed by atoms with Crippen LogP contribution in [0.2, 0.25) is 0 Å². The van der Waals surface area contributed by atoms with Crippen LogP contribution in [0.15, 0.2) is 65.6 Å². The summed E-state index contributed by atoms with van der Waals surface area (Å²) in [6.45, 7) is 1.87. The van der Waals surface area contributed by atoms with Crippen LogP contribution >= 0.6 is 11.3 Å². The first-order valence-electron chi connectivity index (χ1n) is 8.94. The lowest BCUT2D eigenvalue weighted by molar-refractivity contribution is -0.112. The molecule has 0 aliphatic heterocycles. The van der Waals surface area contributed by atoms with Crippen molar-refractivity contribution in [3.8, 4) is 17.6 Å². The van der Waals surface area contributed by atoms with Gasteiger partial charge in [0.15, 0.2) is 11.5 Å². The van der Waals surface area contributed by atoms with Crippen LogP contribution in [0.1, 0.15) is 20.8 Å². The Hall–Kier alpha value is -3.89. The molecule has 1 heterocycles. The largest absolute Gasteiger partial charge is 0.493 e. The van der Waals surface area contributed by atoms with E-state index in [2.05, 4.69) is 5.32 Å². The van der Waals surface area contributed by atoms with E-state index >= 15 is 0 Å². The molecule has 0 spiro atoms. The summed E-state index contributed by atoms with van der Waals surface area (Å²) in [6.07, 6.45) is 1.45. The molecule has 1 aromatic heterocycles. The van der Waals surface area contributed by atoms with Crippen LogP contribution in [0.3, 0.4) is 0 Å². The standard InChI is InChI=1S/C23H18N2O4S/c1-15-6-3-4-7-18(15)25-22(26)17(14-24)12-16-9-10-19(20(13-16)28-2)29-23(27)21-8-5-11-30-21/h3-13H,1-2H3,(H,25,26). The Morgan fingerprint density at radius 3 is 2.57 bits per heavy atom. The number of para-hydroxylation sites is 1. The number of thiophene rings is 1. The minimum atomic E-state index is -0.515. The summed E-state index contributed by atoms with van der Waals surface area (Å²) in [6, 6.07) is 17.4. The minimum Gasteiger partial charge on any atom is -0.493 e. The molecule has 1 amide bonds. The smallest absolute Gasteiger partial charge is 0.353 e. The highest BCUT2D eigenvalue weighted by Crippen LogP contribution is 2.30. The number of nitrogens with zero attached hydrogens (tertiary/aromatic N) is 1. The maximum Gasteiger partial charge on any atom is 0.353 e. The fourth-order valence-electron chi connectivity index (χ4n) is 2.62. The number of methoxy groups -OCH3 is 1. The number of hydrogen-bond acceptors (Lipinski definition) is 6. The fraction of sp³-hybridized carbons (Fsp3) is 0.0870. The molecule has 3 rings (SSSR count). The van der Waals surface area contributed by atoms with Gasteiger partial charge < -0.3 is 14.8 Å². The Labute approximate surface area is 178 Å². The van der Waals surface area contributed by atoms with Crippen LogP contribution in [-0.2, 0) is 4.79 Å². The van der Waals surface area contributed by atoms with Crippen molar-refractivity contribution in [3.63, 3.8) is 0 Å². The molecule has 0 radical (unpaired) electrons. The molecule has 0 atom stereocenters. The van der Waals surface area contributed by atoms with Crippen molar-refractivity contribution in [1.82, 2.24) is 0 Å². The quantitative estimate of drug-likeness (QED) is 0.268. The molecule has 0 saturated carbocycles. The number of esters is 1. The Morgan fingerprint density at radius 2 is 1.90 bits per heavy atom. The number of rotatable bonds is 6. The van der Waals surface area contributed by atoms with E-state index in [4.69, 9.17) is 9.47 Å². The molecule has 6 nitrogen and oxygen atoms in total. The van der Waals surface area contributed by atoms with Gasteiger partial charge in [0.2, 0.25) is 0 Å². The third kappa shape index (κ3) is 4.93.